The van der Waals surface area contributed by atoms with Gasteiger partial charge in [0.15, 0.2) is 11.4 Å². The van der Waals surface area contributed by atoms with Gasteiger partial charge in [0, 0.05) is 11.8 Å². The fourth-order valence-corrected chi connectivity index (χ4v) is 2.35. The summed E-state index contributed by atoms with van der Waals surface area (Å²) in [5, 5.41) is 3.25. The van der Waals surface area contributed by atoms with Gasteiger partial charge in [0.2, 0.25) is 5.28 Å². The number of aromatic nitrogens is 4. The van der Waals surface area contributed by atoms with E-state index in [1.807, 2.05) is 41.1 Å². The molecule has 0 unspecified atom stereocenters. The zero-order valence-electron chi connectivity index (χ0n) is 11.3. The highest BCUT2D eigenvalue weighted by molar-refractivity contribution is 6.28. The topological polar surface area (TPSA) is 68.8 Å². The maximum atomic E-state index is 5.92. The molecule has 0 aliphatic carbocycles. The van der Waals surface area contributed by atoms with Gasteiger partial charge in [0.1, 0.15) is 17.7 Å². The average Bonchev–Trinajstić information content (AvgIpc) is 3.17. The van der Waals surface area contributed by atoms with Crippen LogP contribution in [0.4, 0.5) is 11.6 Å². The molecule has 22 heavy (non-hydrogen) atoms. The summed E-state index contributed by atoms with van der Waals surface area (Å²) in [4.78, 5) is 12.6. The normalized spacial score (nSPS) is 11.0. The average molecular weight is 312 g/mol. The SMILES string of the molecule is Clc1nc(Nc2cn(-c3ccccc3)cn2)c2occc2n1. The third-order valence-electron chi connectivity index (χ3n) is 3.16. The van der Waals surface area contributed by atoms with Crippen LogP contribution < -0.4 is 5.32 Å². The lowest BCUT2D eigenvalue weighted by Crippen LogP contribution is -1.96. The van der Waals surface area contributed by atoms with E-state index in [2.05, 4.69) is 20.3 Å². The number of hydrogen-bond acceptors (Lipinski definition) is 5. The first-order valence-electron chi connectivity index (χ1n) is 6.57. The molecule has 0 fully saturated rings. The third-order valence-corrected chi connectivity index (χ3v) is 3.33. The lowest BCUT2D eigenvalue weighted by atomic mass is 10.3. The summed E-state index contributed by atoms with van der Waals surface area (Å²) in [6.07, 6.45) is 5.13. The molecule has 0 saturated heterocycles. The fourth-order valence-electron chi connectivity index (χ4n) is 2.17. The van der Waals surface area contributed by atoms with Gasteiger partial charge in [-0.1, -0.05) is 18.2 Å². The molecule has 4 aromatic rings. The van der Waals surface area contributed by atoms with E-state index in [-0.39, 0.29) is 5.28 Å². The standard InChI is InChI=1S/C15H10ClN5O/c16-15-18-11-6-7-22-13(11)14(20-15)19-12-8-21(9-17-12)10-4-2-1-3-5-10/h1-9H,(H,18,19,20). The molecule has 1 aromatic carbocycles. The molecule has 0 amide bonds. The summed E-state index contributed by atoms with van der Waals surface area (Å²) >= 11 is 5.92. The number of imidazole rings is 1. The molecule has 0 aliphatic heterocycles. The summed E-state index contributed by atoms with van der Waals surface area (Å²) < 4.78 is 7.29. The van der Waals surface area contributed by atoms with Crippen LogP contribution in [0.3, 0.4) is 0 Å². The number of hydrogen-bond donors (Lipinski definition) is 1. The summed E-state index contributed by atoms with van der Waals surface area (Å²) in [6.45, 7) is 0. The van der Waals surface area contributed by atoms with Gasteiger partial charge in [-0.25, -0.2) is 9.97 Å². The Hall–Kier alpha value is -2.86. The molecule has 0 aliphatic rings. The van der Waals surface area contributed by atoms with Crippen LogP contribution >= 0.6 is 11.6 Å². The minimum Gasteiger partial charge on any atom is -0.459 e. The van der Waals surface area contributed by atoms with Crippen LogP contribution in [-0.4, -0.2) is 19.5 Å². The minimum absolute atomic E-state index is 0.152. The highest BCUT2D eigenvalue weighted by atomic mass is 35.5. The number of rotatable bonds is 3. The Labute approximate surface area is 130 Å². The van der Waals surface area contributed by atoms with Crippen molar-refractivity contribution in [2.24, 2.45) is 0 Å². The number of nitrogens with one attached hydrogen (secondary N) is 1. The van der Waals surface area contributed by atoms with Crippen LogP contribution in [0, 0.1) is 0 Å². The molecular formula is C15H10ClN5O. The van der Waals surface area contributed by atoms with Crippen molar-refractivity contribution < 1.29 is 4.42 Å². The molecule has 0 radical (unpaired) electrons. The lowest BCUT2D eigenvalue weighted by Gasteiger charge is -2.03. The maximum Gasteiger partial charge on any atom is 0.225 e. The maximum absolute atomic E-state index is 5.92. The van der Waals surface area contributed by atoms with E-state index in [0.29, 0.717) is 22.7 Å². The Morgan fingerprint density at radius 2 is 1.95 bits per heavy atom. The van der Waals surface area contributed by atoms with Crippen molar-refractivity contribution >= 4 is 34.3 Å². The van der Waals surface area contributed by atoms with E-state index >= 15 is 0 Å². The monoisotopic (exact) mass is 311 g/mol. The number of nitrogens with zero attached hydrogens (tertiary/aromatic N) is 4. The highest BCUT2D eigenvalue weighted by Gasteiger charge is 2.11. The van der Waals surface area contributed by atoms with Gasteiger partial charge < -0.3 is 14.3 Å². The lowest BCUT2D eigenvalue weighted by molar-refractivity contribution is 0.615. The van der Waals surface area contributed by atoms with Crippen molar-refractivity contribution in [1.82, 2.24) is 19.5 Å². The first-order chi connectivity index (χ1) is 10.8. The van der Waals surface area contributed by atoms with Gasteiger partial charge in [0.05, 0.1) is 12.5 Å². The molecular weight excluding hydrogens is 302 g/mol. The number of fused-ring (bicyclic) bond motifs is 1. The molecule has 0 atom stereocenters. The number of benzene rings is 1. The number of halogens is 1. The molecule has 4 rings (SSSR count). The van der Waals surface area contributed by atoms with Crippen molar-refractivity contribution in [2.75, 3.05) is 5.32 Å². The highest BCUT2D eigenvalue weighted by Crippen LogP contribution is 2.25. The summed E-state index contributed by atoms with van der Waals surface area (Å²) in [7, 11) is 0. The first kappa shape index (κ1) is 12.8. The zero-order valence-corrected chi connectivity index (χ0v) is 12.0. The van der Waals surface area contributed by atoms with Crippen molar-refractivity contribution in [3.05, 3.63) is 60.5 Å². The second-order valence-corrected chi connectivity index (χ2v) is 4.94. The molecule has 7 heteroatoms. The van der Waals surface area contributed by atoms with E-state index in [1.165, 1.54) is 0 Å². The van der Waals surface area contributed by atoms with Crippen molar-refractivity contribution in [3.63, 3.8) is 0 Å². The Kier molecular flexibility index (Phi) is 3.01. The van der Waals surface area contributed by atoms with Gasteiger partial charge in [-0.15, -0.1) is 0 Å². The largest absolute Gasteiger partial charge is 0.459 e. The van der Waals surface area contributed by atoms with E-state index < -0.39 is 0 Å². The van der Waals surface area contributed by atoms with Gasteiger partial charge in [0.25, 0.3) is 0 Å². The van der Waals surface area contributed by atoms with Crippen molar-refractivity contribution in [1.29, 1.82) is 0 Å². The Morgan fingerprint density at radius 3 is 2.82 bits per heavy atom. The summed E-state index contributed by atoms with van der Waals surface area (Å²) in [5.41, 5.74) is 2.20. The van der Waals surface area contributed by atoms with Crippen LogP contribution in [0.1, 0.15) is 0 Å². The van der Waals surface area contributed by atoms with E-state index in [1.54, 1.807) is 18.7 Å². The predicted octanol–water partition coefficient (Wildman–Crippen LogP) is 3.81. The summed E-state index contributed by atoms with van der Waals surface area (Å²) in [5.74, 6) is 1.12. The summed E-state index contributed by atoms with van der Waals surface area (Å²) in [6, 6.07) is 11.6. The fraction of sp³-hybridized carbons (Fsp3) is 0. The van der Waals surface area contributed by atoms with Crippen LogP contribution in [-0.2, 0) is 0 Å². The molecule has 0 bridgehead atoms. The molecule has 0 spiro atoms. The second-order valence-electron chi connectivity index (χ2n) is 4.60. The Balaban J connectivity index is 1.69. The van der Waals surface area contributed by atoms with Crippen LogP contribution in [0.2, 0.25) is 5.28 Å². The molecule has 108 valence electrons. The molecule has 6 nitrogen and oxygen atoms in total. The predicted molar refractivity (Wildman–Crippen MR) is 83.7 cm³/mol. The van der Waals surface area contributed by atoms with Crippen molar-refractivity contribution in [3.8, 4) is 5.69 Å². The van der Waals surface area contributed by atoms with Gasteiger partial charge in [-0.2, -0.15) is 4.98 Å². The Bertz CT molecular complexity index is 931. The molecule has 3 aromatic heterocycles. The van der Waals surface area contributed by atoms with Gasteiger partial charge in [-0.3, -0.25) is 0 Å². The minimum atomic E-state index is 0.152. The second kappa shape index (κ2) is 5.16. The zero-order chi connectivity index (χ0) is 14.9. The Morgan fingerprint density at radius 1 is 1.09 bits per heavy atom. The molecule has 1 N–H and O–H groups in total. The van der Waals surface area contributed by atoms with Crippen LogP contribution in [0.15, 0.2) is 59.6 Å². The number of anilines is 2. The van der Waals surface area contributed by atoms with E-state index in [9.17, 15) is 0 Å². The smallest absolute Gasteiger partial charge is 0.225 e. The van der Waals surface area contributed by atoms with Crippen molar-refractivity contribution in [2.45, 2.75) is 0 Å². The number of para-hydroxylation sites is 1. The third kappa shape index (κ3) is 2.29. The van der Waals surface area contributed by atoms with Crippen LogP contribution in [0.5, 0.6) is 0 Å². The number of furan rings is 1. The molecule has 3 heterocycles. The quantitative estimate of drug-likeness (QED) is 0.583. The van der Waals surface area contributed by atoms with Gasteiger partial charge in [-0.05, 0) is 23.7 Å². The van der Waals surface area contributed by atoms with E-state index in [4.69, 9.17) is 16.0 Å². The van der Waals surface area contributed by atoms with Gasteiger partial charge >= 0.3 is 0 Å². The molecule has 0 saturated carbocycles. The van der Waals surface area contributed by atoms with E-state index in [0.717, 1.165) is 5.69 Å². The van der Waals surface area contributed by atoms with Crippen LogP contribution in [0.25, 0.3) is 16.8 Å². The first-order valence-corrected chi connectivity index (χ1v) is 6.94.